The Morgan fingerprint density at radius 1 is 1.67 bits per heavy atom. The molecule has 0 aromatic heterocycles. The van der Waals surface area contributed by atoms with E-state index in [1.807, 2.05) is 19.9 Å². The summed E-state index contributed by atoms with van der Waals surface area (Å²) in [5.41, 5.74) is -0.120. The van der Waals surface area contributed by atoms with Gasteiger partial charge in [0.05, 0.1) is 0 Å². The highest BCUT2D eigenvalue weighted by molar-refractivity contribution is 5.74. The van der Waals surface area contributed by atoms with Crippen molar-refractivity contribution in [2.75, 3.05) is 13.1 Å². The van der Waals surface area contributed by atoms with Crippen molar-refractivity contribution in [3.8, 4) is 0 Å². The monoisotopic (exact) mass is 211 g/mol. The molecule has 1 aliphatic rings. The number of hydrogen-bond acceptors (Lipinski definition) is 2. The van der Waals surface area contributed by atoms with E-state index in [4.69, 9.17) is 0 Å². The number of carboxylic acids is 1. The van der Waals surface area contributed by atoms with Crippen LogP contribution in [0.3, 0.4) is 0 Å². The van der Waals surface area contributed by atoms with Gasteiger partial charge in [-0.15, -0.1) is 6.58 Å². The second-order valence-electron chi connectivity index (χ2n) is 4.95. The molecule has 86 valence electrons. The van der Waals surface area contributed by atoms with Gasteiger partial charge < -0.3 is 5.11 Å². The van der Waals surface area contributed by atoms with Crippen LogP contribution < -0.4 is 0 Å². The first kappa shape index (κ1) is 12.2. The van der Waals surface area contributed by atoms with E-state index in [0.717, 1.165) is 32.4 Å². The molecule has 1 aliphatic heterocycles. The molecule has 0 bridgehead atoms. The predicted molar refractivity (Wildman–Crippen MR) is 60.8 cm³/mol. The molecular formula is C12H21NO2. The lowest BCUT2D eigenvalue weighted by atomic mass is 9.76. The summed E-state index contributed by atoms with van der Waals surface area (Å²) < 4.78 is 0. The summed E-state index contributed by atoms with van der Waals surface area (Å²) in [7, 11) is 0. The van der Waals surface area contributed by atoms with Crippen LogP contribution in [0.4, 0.5) is 0 Å². The number of likely N-dealkylation sites (tertiary alicyclic amines) is 1. The van der Waals surface area contributed by atoms with E-state index in [-0.39, 0.29) is 11.5 Å². The Kier molecular flexibility index (Phi) is 3.91. The third-order valence-corrected chi connectivity index (χ3v) is 3.23. The molecule has 1 heterocycles. The van der Waals surface area contributed by atoms with Crippen molar-refractivity contribution < 1.29 is 9.90 Å². The highest BCUT2D eigenvalue weighted by Gasteiger charge is 2.41. The van der Waals surface area contributed by atoms with E-state index < -0.39 is 5.97 Å². The summed E-state index contributed by atoms with van der Waals surface area (Å²) >= 11 is 0. The maximum Gasteiger partial charge on any atom is 0.321 e. The molecular weight excluding hydrogens is 190 g/mol. The molecule has 1 rings (SSSR count). The molecule has 0 aromatic rings. The third-order valence-electron chi connectivity index (χ3n) is 3.23. The minimum atomic E-state index is -0.691. The Morgan fingerprint density at radius 2 is 2.33 bits per heavy atom. The van der Waals surface area contributed by atoms with Crippen LogP contribution in [0.2, 0.25) is 0 Å². The molecule has 3 heteroatoms. The van der Waals surface area contributed by atoms with Crippen molar-refractivity contribution >= 4 is 5.97 Å². The van der Waals surface area contributed by atoms with Gasteiger partial charge in [-0.1, -0.05) is 19.9 Å². The zero-order valence-corrected chi connectivity index (χ0v) is 9.70. The van der Waals surface area contributed by atoms with Crippen LogP contribution in [-0.4, -0.2) is 35.1 Å². The summed E-state index contributed by atoms with van der Waals surface area (Å²) in [6.45, 7) is 9.48. The molecule has 1 fully saturated rings. The van der Waals surface area contributed by atoms with Crippen molar-refractivity contribution in [2.24, 2.45) is 5.41 Å². The highest BCUT2D eigenvalue weighted by Crippen LogP contribution is 2.35. The van der Waals surface area contributed by atoms with E-state index in [1.54, 1.807) is 0 Å². The molecule has 0 aromatic carbocycles. The number of carbonyl (C=O) groups is 1. The van der Waals surface area contributed by atoms with Crippen molar-refractivity contribution in [3.63, 3.8) is 0 Å². The fraction of sp³-hybridized carbons (Fsp3) is 0.750. The number of carboxylic acid groups (broad SMARTS) is 1. The Morgan fingerprint density at radius 3 is 2.87 bits per heavy atom. The molecule has 3 nitrogen and oxygen atoms in total. The normalized spacial score (nSPS) is 26.1. The van der Waals surface area contributed by atoms with Crippen LogP contribution in [0.1, 0.15) is 33.1 Å². The average Bonchev–Trinajstić information content (AvgIpc) is 2.12. The lowest BCUT2D eigenvalue weighted by molar-refractivity contribution is -0.150. The van der Waals surface area contributed by atoms with Gasteiger partial charge in [0.1, 0.15) is 6.04 Å². The Balaban J connectivity index is 2.75. The molecule has 1 N–H and O–H groups in total. The number of hydrogen-bond donors (Lipinski definition) is 1. The lowest BCUT2D eigenvalue weighted by Crippen LogP contribution is -2.54. The van der Waals surface area contributed by atoms with Crippen molar-refractivity contribution in [1.29, 1.82) is 0 Å². The molecule has 1 saturated heterocycles. The topological polar surface area (TPSA) is 40.5 Å². The minimum Gasteiger partial charge on any atom is -0.480 e. The molecule has 0 saturated carbocycles. The second-order valence-corrected chi connectivity index (χ2v) is 4.95. The molecule has 1 unspecified atom stereocenters. The number of piperidine rings is 1. The fourth-order valence-electron chi connectivity index (χ4n) is 2.49. The first-order chi connectivity index (χ1) is 6.99. The minimum absolute atomic E-state index is 0.120. The van der Waals surface area contributed by atoms with Crippen LogP contribution in [-0.2, 0) is 4.79 Å². The first-order valence-electron chi connectivity index (χ1n) is 5.57. The SMILES string of the molecule is C=CCCN1CCCC(C)(C)C1C(=O)O. The van der Waals surface area contributed by atoms with Crippen LogP contribution >= 0.6 is 0 Å². The van der Waals surface area contributed by atoms with E-state index in [1.165, 1.54) is 0 Å². The van der Waals surface area contributed by atoms with E-state index in [0.29, 0.717) is 0 Å². The van der Waals surface area contributed by atoms with Gasteiger partial charge in [0, 0.05) is 6.54 Å². The van der Waals surface area contributed by atoms with Gasteiger partial charge in [-0.2, -0.15) is 0 Å². The van der Waals surface area contributed by atoms with Crippen LogP contribution in [0, 0.1) is 5.41 Å². The van der Waals surface area contributed by atoms with E-state index >= 15 is 0 Å². The van der Waals surface area contributed by atoms with E-state index in [9.17, 15) is 9.90 Å². The van der Waals surface area contributed by atoms with Gasteiger partial charge in [-0.3, -0.25) is 9.69 Å². The largest absolute Gasteiger partial charge is 0.480 e. The highest BCUT2D eigenvalue weighted by atomic mass is 16.4. The number of aliphatic carboxylic acids is 1. The zero-order chi connectivity index (χ0) is 11.5. The number of rotatable bonds is 4. The Hall–Kier alpha value is -0.830. The van der Waals surface area contributed by atoms with Gasteiger partial charge in [0.15, 0.2) is 0 Å². The smallest absolute Gasteiger partial charge is 0.321 e. The predicted octanol–water partition coefficient (Wildman–Crippen LogP) is 2.14. The lowest BCUT2D eigenvalue weighted by Gasteiger charge is -2.44. The van der Waals surface area contributed by atoms with Crippen molar-refractivity contribution in [1.82, 2.24) is 4.90 Å². The van der Waals surface area contributed by atoms with Crippen LogP contribution in [0.25, 0.3) is 0 Å². The summed E-state index contributed by atoms with van der Waals surface area (Å²) in [5.74, 6) is -0.691. The van der Waals surface area contributed by atoms with Gasteiger partial charge in [0.2, 0.25) is 0 Å². The Labute approximate surface area is 91.8 Å². The Bertz CT molecular complexity index is 248. The second kappa shape index (κ2) is 4.79. The van der Waals surface area contributed by atoms with Gasteiger partial charge in [-0.05, 0) is 31.2 Å². The van der Waals surface area contributed by atoms with Gasteiger partial charge in [0.25, 0.3) is 0 Å². The summed E-state index contributed by atoms with van der Waals surface area (Å²) in [4.78, 5) is 13.4. The maximum atomic E-state index is 11.3. The third kappa shape index (κ3) is 2.81. The van der Waals surface area contributed by atoms with Gasteiger partial charge in [-0.25, -0.2) is 0 Å². The van der Waals surface area contributed by atoms with Crippen LogP contribution in [0.15, 0.2) is 12.7 Å². The summed E-state index contributed by atoms with van der Waals surface area (Å²) in [5, 5.41) is 9.28. The fourth-order valence-corrected chi connectivity index (χ4v) is 2.49. The van der Waals surface area contributed by atoms with E-state index in [2.05, 4.69) is 11.5 Å². The molecule has 0 amide bonds. The quantitative estimate of drug-likeness (QED) is 0.724. The maximum absolute atomic E-state index is 11.3. The molecule has 0 radical (unpaired) electrons. The zero-order valence-electron chi connectivity index (χ0n) is 9.70. The number of nitrogens with zero attached hydrogens (tertiary/aromatic N) is 1. The molecule has 15 heavy (non-hydrogen) atoms. The summed E-state index contributed by atoms with van der Waals surface area (Å²) in [6, 6.07) is -0.341. The standard InChI is InChI=1S/C12H21NO2/c1-4-5-8-13-9-6-7-12(2,3)10(13)11(14)15/h4,10H,1,5-9H2,2-3H3,(H,14,15). The summed E-state index contributed by atoms with van der Waals surface area (Å²) in [6.07, 6.45) is 4.79. The molecule has 0 aliphatic carbocycles. The van der Waals surface area contributed by atoms with Gasteiger partial charge >= 0.3 is 5.97 Å². The molecule has 1 atom stereocenters. The van der Waals surface area contributed by atoms with Crippen molar-refractivity contribution in [2.45, 2.75) is 39.2 Å². The first-order valence-corrected chi connectivity index (χ1v) is 5.57. The average molecular weight is 211 g/mol. The van der Waals surface area contributed by atoms with Crippen molar-refractivity contribution in [3.05, 3.63) is 12.7 Å². The molecule has 0 spiro atoms. The van der Waals surface area contributed by atoms with Crippen LogP contribution in [0.5, 0.6) is 0 Å².